The molecule has 1 saturated carbocycles. The average molecular weight is 589 g/mol. The largest absolute Gasteiger partial charge is 0.492 e. The highest BCUT2D eigenvalue weighted by atomic mass is 16.5. The number of pyridine rings is 1. The van der Waals surface area contributed by atoms with Gasteiger partial charge in [-0.25, -0.2) is 0 Å². The number of nitrogens with one attached hydrogen (secondary N) is 1. The Bertz CT molecular complexity index is 1360. The van der Waals surface area contributed by atoms with Gasteiger partial charge >= 0.3 is 0 Å². The van der Waals surface area contributed by atoms with Crippen LogP contribution in [0.25, 0.3) is 10.9 Å². The van der Waals surface area contributed by atoms with Crippen molar-refractivity contribution < 1.29 is 14.3 Å². The lowest BCUT2D eigenvalue weighted by Crippen LogP contribution is -2.43. The topological polar surface area (TPSA) is 71.6 Å². The quantitative estimate of drug-likeness (QED) is 0.114. The summed E-state index contributed by atoms with van der Waals surface area (Å²) in [6.07, 6.45) is 7.85. The molecule has 43 heavy (non-hydrogen) atoms. The Morgan fingerprint density at radius 2 is 1.72 bits per heavy atom. The van der Waals surface area contributed by atoms with Crippen LogP contribution in [0.4, 0.5) is 0 Å². The Hall–Kier alpha value is -2.96. The van der Waals surface area contributed by atoms with Crippen LogP contribution in [0.15, 0.2) is 59.4 Å². The number of hydrogen-bond donors (Lipinski definition) is 1. The molecule has 234 valence electrons. The summed E-state index contributed by atoms with van der Waals surface area (Å²) >= 11 is 0. The van der Waals surface area contributed by atoms with Crippen molar-refractivity contribution >= 4 is 16.7 Å². The van der Waals surface area contributed by atoms with Crippen LogP contribution in [0.1, 0.15) is 95.5 Å². The molecular weight excluding hydrogens is 536 g/mol. The van der Waals surface area contributed by atoms with E-state index >= 15 is 0 Å². The van der Waals surface area contributed by atoms with Gasteiger partial charge in [-0.05, 0) is 74.8 Å². The van der Waals surface area contributed by atoms with Gasteiger partial charge in [-0.1, -0.05) is 77.3 Å². The van der Waals surface area contributed by atoms with Gasteiger partial charge in [-0.3, -0.25) is 14.5 Å². The molecule has 4 rings (SSSR count). The molecule has 1 aromatic heterocycles. The van der Waals surface area contributed by atoms with Crippen LogP contribution >= 0.6 is 0 Å². The van der Waals surface area contributed by atoms with Crippen LogP contribution in [-0.2, 0) is 10.2 Å². The number of Topliss-reactive ketones (excluding diaryl/α,β-unsaturated/α-hetero) is 1. The van der Waals surface area contributed by atoms with Crippen LogP contribution in [0.5, 0.6) is 5.75 Å². The number of nitrogens with zero attached hydrogens (tertiary/aromatic N) is 1. The summed E-state index contributed by atoms with van der Waals surface area (Å²) in [7, 11) is 0. The first-order valence-corrected chi connectivity index (χ1v) is 16.5. The number of hydrogen-bond acceptors (Lipinski definition) is 5. The second-order valence-corrected chi connectivity index (χ2v) is 12.6. The van der Waals surface area contributed by atoms with Crippen LogP contribution in [0, 0.1) is 11.8 Å². The molecule has 0 saturated heterocycles. The SMILES string of the molecule is CCOc1ccc(C(=O)CN(CCCCCCOCC(c2ccccc2)(C(C)C)C(C)CC)C2CC2)c2ccc(=O)[nH]c12. The van der Waals surface area contributed by atoms with E-state index in [0.29, 0.717) is 47.9 Å². The zero-order valence-electron chi connectivity index (χ0n) is 27.0. The lowest BCUT2D eigenvalue weighted by molar-refractivity contribution is 0.0298. The number of H-pyrrole nitrogens is 1. The molecule has 0 amide bonds. The average Bonchev–Trinajstić information content (AvgIpc) is 3.86. The zero-order valence-corrected chi connectivity index (χ0v) is 27.0. The minimum Gasteiger partial charge on any atom is -0.492 e. The fraction of sp³-hybridized carbons (Fsp3) is 0.568. The van der Waals surface area contributed by atoms with Crippen molar-refractivity contribution in [1.29, 1.82) is 0 Å². The first-order chi connectivity index (χ1) is 20.8. The minimum atomic E-state index is -0.200. The van der Waals surface area contributed by atoms with Gasteiger partial charge in [-0.2, -0.15) is 0 Å². The van der Waals surface area contributed by atoms with E-state index in [2.05, 4.69) is 67.9 Å². The van der Waals surface area contributed by atoms with E-state index in [1.165, 1.54) is 11.6 Å². The smallest absolute Gasteiger partial charge is 0.248 e. The first-order valence-electron chi connectivity index (χ1n) is 16.5. The van der Waals surface area contributed by atoms with Crippen molar-refractivity contribution in [2.45, 2.75) is 91.0 Å². The molecule has 0 bridgehead atoms. The van der Waals surface area contributed by atoms with Gasteiger partial charge < -0.3 is 14.5 Å². The maximum absolute atomic E-state index is 13.5. The number of rotatable bonds is 19. The van der Waals surface area contributed by atoms with Gasteiger partial charge in [0.1, 0.15) is 5.75 Å². The Balaban J connectivity index is 1.26. The number of carbonyl (C=O) groups is 1. The molecule has 2 atom stereocenters. The van der Waals surface area contributed by atoms with E-state index in [4.69, 9.17) is 9.47 Å². The van der Waals surface area contributed by atoms with E-state index < -0.39 is 0 Å². The zero-order chi connectivity index (χ0) is 30.8. The fourth-order valence-corrected chi connectivity index (χ4v) is 6.65. The molecule has 2 unspecified atom stereocenters. The Morgan fingerprint density at radius 3 is 2.40 bits per heavy atom. The lowest BCUT2D eigenvalue weighted by atomic mass is 9.63. The molecule has 6 heteroatoms. The predicted molar refractivity (Wildman–Crippen MR) is 176 cm³/mol. The third kappa shape index (κ3) is 8.16. The molecule has 1 aliphatic carbocycles. The van der Waals surface area contributed by atoms with Crippen molar-refractivity contribution in [3.63, 3.8) is 0 Å². The summed E-state index contributed by atoms with van der Waals surface area (Å²) in [5.41, 5.74) is 2.45. The number of aromatic nitrogens is 1. The summed E-state index contributed by atoms with van der Waals surface area (Å²) < 4.78 is 12.1. The Morgan fingerprint density at radius 1 is 0.977 bits per heavy atom. The number of ketones is 1. The second kappa shape index (κ2) is 15.7. The normalized spacial score (nSPS) is 15.6. The molecule has 0 aliphatic heterocycles. The van der Waals surface area contributed by atoms with Gasteiger partial charge in [0.15, 0.2) is 5.78 Å². The number of aromatic amines is 1. The molecule has 1 fully saturated rings. The summed E-state index contributed by atoms with van der Waals surface area (Å²) in [5.74, 6) is 1.72. The van der Waals surface area contributed by atoms with E-state index in [1.807, 2.05) is 13.0 Å². The molecular formula is C37H52N2O4. The van der Waals surface area contributed by atoms with Gasteiger partial charge in [-0.15, -0.1) is 0 Å². The van der Waals surface area contributed by atoms with Crippen LogP contribution < -0.4 is 10.3 Å². The minimum absolute atomic E-state index is 0.0251. The van der Waals surface area contributed by atoms with Gasteiger partial charge in [0.25, 0.3) is 0 Å². The number of benzene rings is 2. The maximum Gasteiger partial charge on any atom is 0.248 e. The molecule has 0 spiro atoms. The highest BCUT2D eigenvalue weighted by Gasteiger charge is 2.40. The Kier molecular flexibility index (Phi) is 12.0. The van der Waals surface area contributed by atoms with Crippen molar-refractivity contribution in [2.75, 3.05) is 32.9 Å². The van der Waals surface area contributed by atoms with Crippen molar-refractivity contribution in [1.82, 2.24) is 9.88 Å². The third-order valence-electron chi connectivity index (χ3n) is 9.53. The Labute approximate surface area is 258 Å². The number of fused-ring (bicyclic) bond motifs is 1. The van der Waals surface area contributed by atoms with Gasteiger partial charge in [0, 0.05) is 35.1 Å². The summed E-state index contributed by atoms with van der Waals surface area (Å²) in [6.45, 7) is 14.6. The van der Waals surface area contributed by atoms with Crippen molar-refractivity contribution in [3.05, 3.63) is 76.1 Å². The van der Waals surface area contributed by atoms with E-state index in [0.717, 1.165) is 70.1 Å². The highest BCUT2D eigenvalue weighted by molar-refractivity contribution is 6.09. The maximum atomic E-state index is 13.5. The van der Waals surface area contributed by atoms with Crippen LogP contribution in [0.3, 0.4) is 0 Å². The summed E-state index contributed by atoms with van der Waals surface area (Å²) in [4.78, 5) is 30.7. The summed E-state index contributed by atoms with van der Waals surface area (Å²) in [6, 6.07) is 18.3. The van der Waals surface area contributed by atoms with Crippen LogP contribution in [-0.4, -0.2) is 54.6 Å². The highest BCUT2D eigenvalue weighted by Crippen LogP contribution is 2.41. The molecule has 0 radical (unpaired) electrons. The van der Waals surface area contributed by atoms with Crippen molar-refractivity contribution in [2.24, 2.45) is 11.8 Å². The predicted octanol–water partition coefficient (Wildman–Crippen LogP) is 7.79. The lowest BCUT2D eigenvalue weighted by Gasteiger charge is -2.43. The number of unbranched alkanes of at least 4 members (excludes halogenated alkanes) is 3. The first kappa shape index (κ1) is 32.9. The monoisotopic (exact) mass is 588 g/mol. The van der Waals surface area contributed by atoms with E-state index in [1.54, 1.807) is 12.1 Å². The molecule has 3 aromatic rings. The molecule has 1 N–H and O–H groups in total. The molecule has 2 aromatic carbocycles. The standard InChI is InChI=1S/C37H52N2O4/c1-6-28(5)37(27(3)4,29-15-11-10-12-16-29)26-42-24-14-9-8-13-23-39(30-17-18-30)25-33(40)31-19-21-34(43-7-2)36-32(31)20-22-35(41)38-36/h10-12,15-16,19-22,27-28,30H,6-9,13-14,17-18,23-26H2,1-5H3,(H,38,41). The second-order valence-electron chi connectivity index (χ2n) is 12.6. The fourth-order valence-electron chi connectivity index (χ4n) is 6.65. The number of carbonyl (C=O) groups excluding carboxylic acids is 1. The van der Waals surface area contributed by atoms with Crippen molar-refractivity contribution in [3.8, 4) is 5.75 Å². The van der Waals surface area contributed by atoms with E-state index in [9.17, 15) is 9.59 Å². The van der Waals surface area contributed by atoms with Crippen LogP contribution in [0.2, 0.25) is 0 Å². The molecule has 1 aliphatic rings. The summed E-state index contributed by atoms with van der Waals surface area (Å²) in [5, 5.41) is 0.744. The van der Waals surface area contributed by atoms with Gasteiger partial charge in [0.2, 0.25) is 5.56 Å². The third-order valence-corrected chi connectivity index (χ3v) is 9.53. The van der Waals surface area contributed by atoms with Gasteiger partial charge in [0.05, 0.1) is 25.3 Å². The number of ether oxygens (including phenoxy) is 2. The van der Waals surface area contributed by atoms with E-state index in [-0.39, 0.29) is 16.8 Å². The molecule has 6 nitrogen and oxygen atoms in total. The molecule has 1 heterocycles.